The monoisotopic (exact) mass is 590 g/mol. The lowest BCUT2D eigenvalue weighted by Gasteiger charge is -2.22. The molecular formula is C46H38. The maximum atomic E-state index is 4.41. The lowest BCUT2D eigenvalue weighted by atomic mass is 9.81. The molecule has 0 fully saturated rings. The third-order valence-corrected chi connectivity index (χ3v) is 9.77. The highest BCUT2D eigenvalue weighted by atomic mass is 14.4. The van der Waals surface area contributed by atoms with Gasteiger partial charge in [-0.2, -0.15) is 0 Å². The van der Waals surface area contributed by atoms with Gasteiger partial charge < -0.3 is 0 Å². The number of hydrogen-bond donors (Lipinski definition) is 0. The van der Waals surface area contributed by atoms with Crippen molar-refractivity contribution in [3.63, 3.8) is 0 Å². The zero-order valence-corrected chi connectivity index (χ0v) is 26.9. The molecule has 0 aliphatic heterocycles. The number of fused-ring (bicyclic) bond motifs is 7. The Hall–Kier alpha value is -5.46. The van der Waals surface area contributed by atoms with Crippen LogP contribution >= 0.6 is 0 Å². The van der Waals surface area contributed by atoms with Gasteiger partial charge in [-0.15, -0.1) is 13.2 Å². The van der Waals surface area contributed by atoms with Gasteiger partial charge >= 0.3 is 0 Å². The van der Waals surface area contributed by atoms with E-state index >= 15 is 0 Å². The lowest BCUT2D eigenvalue weighted by Crippen LogP contribution is -2.15. The van der Waals surface area contributed by atoms with Crippen molar-refractivity contribution in [2.45, 2.75) is 26.2 Å². The van der Waals surface area contributed by atoms with Crippen molar-refractivity contribution >= 4 is 37.9 Å². The molecule has 8 rings (SSSR count). The van der Waals surface area contributed by atoms with Crippen LogP contribution in [0, 0.1) is 0 Å². The number of rotatable bonds is 3. The summed E-state index contributed by atoms with van der Waals surface area (Å²) in [5, 5.41) is 7.82. The second-order valence-corrected chi connectivity index (χ2v) is 12.6. The molecule has 0 aromatic heterocycles. The molecule has 7 aromatic rings. The second kappa shape index (κ2) is 11.5. The van der Waals surface area contributed by atoms with E-state index in [1.807, 2.05) is 0 Å². The minimum Gasteiger partial charge on any atom is -0.106 e. The standard InChI is InChI=1S/C44H34.C2H4/c1-5-42-28(2)35-22-20-34(27-43(35)44(42,3)4)32-15-11-13-30(25-32)29-12-10-14-31(24-29)33-21-23-40-38-18-7-6-16-36(38)37-17-8-9-19-39(37)41(40)26-33;1-2/h5-27H,2H2,1,3-4H3;1-2H2/b42-5+;. The highest BCUT2D eigenvalue weighted by molar-refractivity contribution is 6.25. The van der Waals surface area contributed by atoms with Gasteiger partial charge in [-0.25, -0.2) is 0 Å². The first-order chi connectivity index (χ1) is 22.4. The Kier molecular flexibility index (Phi) is 7.30. The molecule has 7 aromatic carbocycles. The SMILES string of the molecule is C=C.C=C1/C(=C\C)C(C)(C)c2cc(-c3cccc(-c4cccc(-c5ccc6c7ccccc7c7ccccc7c6c5)c4)c3)ccc21. The molecule has 1 aliphatic carbocycles. The Morgan fingerprint density at radius 1 is 0.457 bits per heavy atom. The van der Waals surface area contributed by atoms with Gasteiger partial charge in [0.25, 0.3) is 0 Å². The summed E-state index contributed by atoms with van der Waals surface area (Å²) in [6, 6.07) is 49.3. The summed E-state index contributed by atoms with van der Waals surface area (Å²) < 4.78 is 0. The van der Waals surface area contributed by atoms with Gasteiger partial charge in [0.2, 0.25) is 0 Å². The van der Waals surface area contributed by atoms with Crippen molar-refractivity contribution in [3.8, 4) is 33.4 Å². The average molecular weight is 591 g/mol. The van der Waals surface area contributed by atoms with E-state index in [9.17, 15) is 0 Å². The van der Waals surface area contributed by atoms with Gasteiger partial charge in [-0.1, -0.05) is 136 Å². The van der Waals surface area contributed by atoms with E-state index in [-0.39, 0.29) is 5.41 Å². The predicted molar refractivity (Wildman–Crippen MR) is 202 cm³/mol. The Balaban J connectivity index is 0.00000166. The summed E-state index contributed by atoms with van der Waals surface area (Å²) in [6.07, 6.45) is 2.22. The third kappa shape index (κ3) is 4.61. The zero-order valence-electron chi connectivity index (χ0n) is 26.9. The minimum atomic E-state index is -0.0411. The maximum absolute atomic E-state index is 4.41. The van der Waals surface area contributed by atoms with Crippen LogP contribution in [-0.4, -0.2) is 0 Å². The van der Waals surface area contributed by atoms with Gasteiger partial charge in [-0.05, 0) is 119 Å². The molecule has 46 heavy (non-hydrogen) atoms. The van der Waals surface area contributed by atoms with E-state index in [4.69, 9.17) is 0 Å². The Labute approximate surface area is 272 Å². The van der Waals surface area contributed by atoms with Crippen LogP contribution in [-0.2, 0) is 5.41 Å². The molecular weight excluding hydrogens is 553 g/mol. The van der Waals surface area contributed by atoms with Crippen molar-refractivity contribution < 1.29 is 0 Å². The first kappa shape index (κ1) is 29.3. The average Bonchev–Trinajstić information content (AvgIpc) is 3.32. The van der Waals surface area contributed by atoms with Crippen molar-refractivity contribution in [2.24, 2.45) is 0 Å². The molecule has 0 saturated heterocycles. The summed E-state index contributed by atoms with van der Waals surface area (Å²) >= 11 is 0. The topological polar surface area (TPSA) is 0 Å². The number of hydrogen-bond acceptors (Lipinski definition) is 0. The summed E-state index contributed by atoms with van der Waals surface area (Å²) in [6.45, 7) is 17.1. The summed E-state index contributed by atoms with van der Waals surface area (Å²) in [7, 11) is 0. The van der Waals surface area contributed by atoms with Crippen LogP contribution < -0.4 is 0 Å². The molecule has 0 heterocycles. The largest absolute Gasteiger partial charge is 0.106 e. The molecule has 0 amide bonds. The molecule has 0 radical (unpaired) electrons. The number of benzene rings is 7. The second-order valence-electron chi connectivity index (χ2n) is 12.6. The van der Waals surface area contributed by atoms with Gasteiger partial charge in [0.15, 0.2) is 0 Å². The van der Waals surface area contributed by atoms with Crippen molar-refractivity contribution in [1.82, 2.24) is 0 Å². The fraction of sp³-hybridized carbons (Fsp3) is 0.0870. The Bertz CT molecular complexity index is 2310. The predicted octanol–water partition coefficient (Wildman–Crippen LogP) is 13.2. The molecule has 1 aliphatic rings. The first-order valence-corrected chi connectivity index (χ1v) is 16.0. The van der Waals surface area contributed by atoms with E-state index in [0.717, 1.165) is 5.57 Å². The highest BCUT2D eigenvalue weighted by Gasteiger charge is 2.36. The molecule has 0 unspecified atom stereocenters. The normalized spacial score (nSPS) is 14.4. The van der Waals surface area contributed by atoms with Crippen molar-refractivity contribution in [2.75, 3.05) is 0 Å². The summed E-state index contributed by atoms with van der Waals surface area (Å²) in [5.41, 5.74) is 12.4. The quantitative estimate of drug-likeness (QED) is 0.142. The van der Waals surface area contributed by atoms with Crippen LogP contribution in [0.1, 0.15) is 31.9 Å². The van der Waals surface area contributed by atoms with E-state index in [1.165, 1.54) is 82.4 Å². The van der Waals surface area contributed by atoms with Gasteiger partial charge in [-0.3, -0.25) is 0 Å². The Morgan fingerprint density at radius 3 is 1.37 bits per heavy atom. The van der Waals surface area contributed by atoms with Crippen molar-refractivity contribution in [1.29, 1.82) is 0 Å². The molecule has 222 valence electrons. The Morgan fingerprint density at radius 2 is 0.870 bits per heavy atom. The van der Waals surface area contributed by atoms with Gasteiger partial charge in [0, 0.05) is 5.41 Å². The first-order valence-electron chi connectivity index (χ1n) is 16.0. The summed E-state index contributed by atoms with van der Waals surface area (Å²) in [5.74, 6) is 0. The molecule has 0 spiro atoms. The van der Waals surface area contributed by atoms with Crippen LogP contribution in [0.25, 0.3) is 71.3 Å². The van der Waals surface area contributed by atoms with E-state index in [1.54, 1.807) is 0 Å². The fourth-order valence-corrected chi connectivity index (χ4v) is 7.55. The minimum absolute atomic E-state index is 0.0411. The molecule has 0 heteroatoms. The van der Waals surface area contributed by atoms with Gasteiger partial charge in [0.05, 0.1) is 0 Å². The maximum Gasteiger partial charge on any atom is 0.0155 e. The van der Waals surface area contributed by atoms with Crippen LogP contribution in [0.3, 0.4) is 0 Å². The molecule has 0 atom stereocenters. The van der Waals surface area contributed by atoms with Crippen LogP contribution in [0.2, 0.25) is 0 Å². The molecule has 0 bridgehead atoms. The van der Waals surface area contributed by atoms with Crippen LogP contribution in [0.4, 0.5) is 0 Å². The zero-order chi connectivity index (χ0) is 32.0. The van der Waals surface area contributed by atoms with E-state index in [0.29, 0.717) is 0 Å². The van der Waals surface area contributed by atoms with E-state index in [2.05, 4.69) is 180 Å². The fourth-order valence-electron chi connectivity index (χ4n) is 7.55. The molecule has 0 N–H and O–H groups in total. The molecule has 0 nitrogen and oxygen atoms in total. The lowest BCUT2D eigenvalue weighted by molar-refractivity contribution is 0.660. The third-order valence-electron chi connectivity index (χ3n) is 9.77. The smallest absolute Gasteiger partial charge is 0.0155 e. The number of allylic oxidation sites excluding steroid dienone is 3. The summed E-state index contributed by atoms with van der Waals surface area (Å²) in [4.78, 5) is 0. The van der Waals surface area contributed by atoms with Gasteiger partial charge in [0.1, 0.15) is 0 Å². The van der Waals surface area contributed by atoms with E-state index < -0.39 is 0 Å². The molecule has 0 saturated carbocycles. The van der Waals surface area contributed by atoms with Crippen molar-refractivity contribution in [3.05, 3.63) is 176 Å². The van der Waals surface area contributed by atoms with Crippen LogP contribution in [0.15, 0.2) is 165 Å². The highest BCUT2D eigenvalue weighted by Crippen LogP contribution is 2.50. The van der Waals surface area contributed by atoms with Crippen LogP contribution in [0.5, 0.6) is 0 Å².